The van der Waals surface area contributed by atoms with Crippen LogP contribution in [0.2, 0.25) is 0 Å². The molecule has 1 aromatic heterocycles. The number of halogens is 3. The third-order valence-electron chi connectivity index (χ3n) is 5.42. The van der Waals surface area contributed by atoms with E-state index in [4.69, 9.17) is 10.5 Å². The van der Waals surface area contributed by atoms with Crippen molar-refractivity contribution in [2.24, 2.45) is 0 Å². The van der Waals surface area contributed by atoms with Gasteiger partial charge in [0.05, 0.1) is 30.4 Å². The van der Waals surface area contributed by atoms with E-state index in [9.17, 15) is 18.3 Å². The van der Waals surface area contributed by atoms with Crippen LogP contribution in [0, 0.1) is 6.92 Å². The Labute approximate surface area is 183 Å². The van der Waals surface area contributed by atoms with Crippen LogP contribution < -0.4 is 16.4 Å². The Morgan fingerprint density at radius 1 is 1.28 bits per heavy atom. The van der Waals surface area contributed by atoms with E-state index in [1.807, 2.05) is 12.2 Å². The molecule has 32 heavy (non-hydrogen) atoms. The van der Waals surface area contributed by atoms with Gasteiger partial charge in [-0.15, -0.1) is 0 Å². The Kier molecular flexibility index (Phi) is 5.83. The average molecular weight is 447 g/mol. The average Bonchev–Trinajstić information content (AvgIpc) is 2.72. The van der Waals surface area contributed by atoms with Gasteiger partial charge < -0.3 is 26.2 Å². The zero-order chi connectivity index (χ0) is 23.0. The molecular formula is C22H24F3N5O2. The first-order chi connectivity index (χ1) is 15.1. The summed E-state index contributed by atoms with van der Waals surface area (Å²) in [6.45, 7) is 4.46. The van der Waals surface area contributed by atoms with Crippen molar-refractivity contribution in [1.29, 1.82) is 0 Å². The molecule has 1 unspecified atom stereocenters. The lowest BCUT2D eigenvalue weighted by atomic mass is 9.95. The summed E-state index contributed by atoms with van der Waals surface area (Å²) in [6.07, 6.45) is -1.04. The number of nitrogens with one attached hydrogen (secondary N) is 2. The van der Waals surface area contributed by atoms with E-state index in [1.54, 1.807) is 13.8 Å². The zero-order valence-corrected chi connectivity index (χ0v) is 17.6. The van der Waals surface area contributed by atoms with Crippen LogP contribution in [0.4, 0.5) is 30.5 Å². The molecule has 0 amide bonds. The van der Waals surface area contributed by atoms with Crippen LogP contribution >= 0.6 is 0 Å². The maximum atomic E-state index is 13.2. The Balaban J connectivity index is 1.70. The van der Waals surface area contributed by atoms with Crippen LogP contribution in [-0.2, 0) is 10.9 Å². The first kappa shape index (κ1) is 22.1. The Bertz CT molecular complexity index is 1100. The lowest BCUT2D eigenvalue weighted by molar-refractivity contribution is -0.137. The van der Waals surface area contributed by atoms with Crippen molar-refractivity contribution < 1.29 is 23.0 Å². The van der Waals surface area contributed by atoms with Gasteiger partial charge in [0.15, 0.2) is 6.23 Å². The van der Waals surface area contributed by atoms with Gasteiger partial charge in [-0.1, -0.05) is 6.08 Å². The number of fused-ring (bicyclic) bond motifs is 1. The van der Waals surface area contributed by atoms with Gasteiger partial charge in [-0.05, 0) is 55.7 Å². The Hall–Kier alpha value is -3.11. The predicted molar refractivity (Wildman–Crippen MR) is 116 cm³/mol. The molecule has 3 heterocycles. The normalized spacial score (nSPS) is 19.4. The van der Waals surface area contributed by atoms with Crippen LogP contribution in [0.1, 0.15) is 41.9 Å². The van der Waals surface area contributed by atoms with E-state index in [-0.39, 0.29) is 5.69 Å². The van der Waals surface area contributed by atoms with Crippen LogP contribution in [-0.4, -0.2) is 34.5 Å². The summed E-state index contributed by atoms with van der Waals surface area (Å²) in [6, 6.07) is 2.97. The lowest BCUT2D eigenvalue weighted by Crippen LogP contribution is -2.28. The third kappa shape index (κ3) is 4.56. The van der Waals surface area contributed by atoms with Crippen LogP contribution in [0.15, 0.2) is 35.4 Å². The molecule has 0 saturated heterocycles. The summed E-state index contributed by atoms with van der Waals surface area (Å²) < 4.78 is 45.0. The number of aryl methyl sites for hydroxylation is 1. The minimum atomic E-state index is -4.50. The molecule has 170 valence electrons. The number of nitrogens with two attached hydrogens (primary N) is 1. The van der Waals surface area contributed by atoms with Gasteiger partial charge in [-0.3, -0.25) is 0 Å². The van der Waals surface area contributed by atoms with Crippen molar-refractivity contribution in [3.8, 4) is 0 Å². The highest BCUT2D eigenvalue weighted by Gasteiger charge is 2.32. The largest absolute Gasteiger partial charge is 0.416 e. The van der Waals surface area contributed by atoms with Crippen molar-refractivity contribution in [3.63, 3.8) is 0 Å². The molecule has 0 bridgehead atoms. The molecule has 1 aromatic carbocycles. The maximum absolute atomic E-state index is 13.2. The molecule has 2 aliphatic rings. The minimum absolute atomic E-state index is 0.0304. The minimum Gasteiger partial charge on any atom is -0.399 e. The van der Waals surface area contributed by atoms with Gasteiger partial charge in [0.1, 0.15) is 17.5 Å². The van der Waals surface area contributed by atoms with E-state index in [0.29, 0.717) is 53.8 Å². The van der Waals surface area contributed by atoms with E-state index in [0.717, 1.165) is 17.7 Å². The molecule has 0 aliphatic carbocycles. The van der Waals surface area contributed by atoms with Gasteiger partial charge in [0.2, 0.25) is 0 Å². The molecule has 0 spiro atoms. The van der Waals surface area contributed by atoms with Crippen molar-refractivity contribution in [3.05, 3.63) is 57.9 Å². The van der Waals surface area contributed by atoms with Gasteiger partial charge in [0.25, 0.3) is 0 Å². The fraction of sp³-hybridized carbons (Fsp3) is 0.364. The summed E-state index contributed by atoms with van der Waals surface area (Å²) in [5.41, 5.74) is 7.60. The number of ether oxygens (including phenoxy) is 1. The number of nitrogen functional groups attached to an aromatic ring is 1. The maximum Gasteiger partial charge on any atom is 0.416 e. The predicted octanol–water partition coefficient (Wildman–Crippen LogP) is 4.03. The highest BCUT2D eigenvalue weighted by atomic mass is 19.4. The fourth-order valence-corrected chi connectivity index (χ4v) is 3.82. The monoisotopic (exact) mass is 447 g/mol. The SMILES string of the molecule is Cc1nc2c(c(N[C@H](C)c3cc(N)cc(C(F)(F)F)c3)n1)C=C(C1=CCOCC1)C(O)N2. The number of hydrogen-bond acceptors (Lipinski definition) is 7. The summed E-state index contributed by atoms with van der Waals surface area (Å²) in [5, 5.41) is 16.8. The Morgan fingerprint density at radius 2 is 2.06 bits per heavy atom. The molecule has 4 rings (SSSR count). The van der Waals surface area contributed by atoms with E-state index >= 15 is 0 Å². The van der Waals surface area contributed by atoms with E-state index < -0.39 is 24.0 Å². The standard InChI is InChI=1S/C22H24F3N5O2/c1-11(14-7-15(22(23,24)25)9-16(26)8-14)27-19-18-10-17(13-3-5-32-6-4-13)21(31)30-20(18)29-12(2)28-19/h3,7-11,21,31H,4-6,26H2,1-2H3,(H2,27,28,29,30)/t11-,21?/m1/s1. The number of benzene rings is 1. The third-order valence-corrected chi connectivity index (χ3v) is 5.42. The second-order valence-electron chi connectivity index (χ2n) is 7.83. The lowest BCUT2D eigenvalue weighted by Gasteiger charge is -2.28. The van der Waals surface area contributed by atoms with Crippen LogP contribution in [0.3, 0.4) is 0 Å². The Morgan fingerprint density at radius 3 is 2.75 bits per heavy atom. The number of rotatable bonds is 4. The molecule has 10 heteroatoms. The molecule has 5 N–H and O–H groups in total. The molecule has 2 atom stereocenters. The molecule has 0 saturated carbocycles. The summed E-state index contributed by atoms with van der Waals surface area (Å²) in [4.78, 5) is 8.83. The number of hydrogen-bond donors (Lipinski definition) is 4. The van der Waals surface area contributed by atoms with E-state index in [1.165, 1.54) is 6.07 Å². The van der Waals surface area contributed by atoms with Crippen LogP contribution in [0.25, 0.3) is 6.08 Å². The van der Waals surface area contributed by atoms with Crippen LogP contribution in [0.5, 0.6) is 0 Å². The van der Waals surface area contributed by atoms with Gasteiger partial charge in [-0.25, -0.2) is 9.97 Å². The number of alkyl halides is 3. The highest BCUT2D eigenvalue weighted by molar-refractivity contribution is 5.80. The second kappa shape index (κ2) is 8.44. The fourth-order valence-electron chi connectivity index (χ4n) is 3.82. The summed E-state index contributed by atoms with van der Waals surface area (Å²) >= 11 is 0. The number of aliphatic hydroxyl groups excluding tert-OH is 1. The van der Waals surface area contributed by atoms with Crippen molar-refractivity contribution in [1.82, 2.24) is 9.97 Å². The van der Waals surface area contributed by atoms with Gasteiger partial charge in [0, 0.05) is 11.3 Å². The summed E-state index contributed by atoms with van der Waals surface area (Å²) in [5.74, 6) is 1.34. The second-order valence-corrected chi connectivity index (χ2v) is 7.83. The molecule has 2 aromatic rings. The number of aliphatic hydroxyl groups is 1. The van der Waals surface area contributed by atoms with Crippen molar-refractivity contribution in [2.45, 2.75) is 38.7 Å². The van der Waals surface area contributed by atoms with Gasteiger partial charge >= 0.3 is 6.18 Å². The van der Waals surface area contributed by atoms with E-state index in [2.05, 4.69) is 20.6 Å². The first-order valence-corrected chi connectivity index (χ1v) is 10.2. The molecular weight excluding hydrogens is 423 g/mol. The zero-order valence-electron chi connectivity index (χ0n) is 17.6. The molecule has 2 aliphatic heterocycles. The number of anilines is 3. The quantitative estimate of drug-likeness (QED) is 0.525. The smallest absolute Gasteiger partial charge is 0.399 e. The topological polar surface area (TPSA) is 105 Å². The summed E-state index contributed by atoms with van der Waals surface area (Å²) in [7, 11) is 0. The molecule has 0 radical (unpaired) electrons. The van der Waals surface area contributed by atoms with Crippen molar-refractivity contribution in [2.75, 3.05) is 29.6 Å². The molecule has 7 nitrogen and oxygen atoms in total. The number of nitrogens with zero attached hydrogens (tertiary/aromatic N) is 2. The number of aromatic nitrogens is 2. The molecule has 0 fully saturated rings. The highest BCUT2D eigenvalue weighted by Crippen LogP contribution is 2.37. The van der Waals surface area contributed by atoms with Gasteiger partial charge in [-0.2, -0.15) is 13.2 Å². The van der Waals surface area contributed by atoms with Crippen molar-refractivity contribution >= 4 is 23.4 Å². The first-order valence-electron chi connectivity index (χ1n) is 10.2.